The number of alkyl halides is 1. The van der Waals surface area contributed by atoms with E-state index in [0.29, 0.717) is 12.8 Å². The smallest absolute Gasteiger partial charge is 0.260 e. The van der Waals surface area contributed by atoms with E-state index < -0.39 is 22.4 Å². The van der Waals surface area contributed by atoms with Gasteiger partial charge in [-0.3, -0.25) is 4.18 Å². The normalized spacial score (nSPS) is 25.0. The first-order chi connectivity index (χ1) is 8.49. The van der Waals surface area contributed by atoms with Crippen molar-refractivity contribution in [2.75, 3.05) is 0 Å². The molecule has 0 aliphatic heterocycles. The summed E-state index contributed by atoms with van der Waals surface area (Å²) >= 11 is 0. The van der Waals surface area contributed by atoms with Gasteiger partial charge in [-0.25, -0.2) is 4.39 Å². The van der Waals surface area contributed by atoms with Gasteiger partial charge < -0.3 is 0 Å². The number of rotatable bonds is 3. The fourth-order valence-corrected chi connectivity index (χ4v) is 3.21. The molecule has 1 fully saturated rings. The van der Waals surface area contributed by atoms with Gasteiger partial charge in [0.25, 0.3) is 10.1 Å². The van der Waals surface area contributed by atoms with Gasteiger partial charge in [0, 0.05) is 0 Å². The number of aryl methyl sites for hydroxylation is 1. The van der Waals surface area contributed by atoms with Crippen LogP contribution in [0.4, 0.5) is 4.39 Å². The van der Waals surface area contributed by atoms with Crippen LogP contribution in [0.15, 0.2) is 29.2 Å². The fourth-order valence-electron chi connectivity index (χ4n) is 2.08. The Morgan fingerprint density at radius 3 is 2.39 bits per heavy atom. The van der Waals surface area contributed by atoms with Crippen molar-refractivity contribution in [3.05, 3.63) is 29.8 Å². The molecule has 1 aliphatic rings. The van der Waals surface area contributed by atoms with Gasteiger partial charge in [0.1, 0.15) is 12.3 Å². The summed E-state index contributed by atoms with van der Waals surface area (Å²) in [6, 6.07) is 6.37. The first-order valence-corrected chi connectivity index (χ1v) is 7.54. The van der Waals surface area contributed by atoms with E-state index in [-0.39, 0.29) is 4.90 Å². The van der Waals surface area contributed by atoms with Crippen LogP contribution in [0, 0.1) is 6.92 Å². The predicted octanol–water partition coefficient (Wildman–Crippen LogP) is 2.98. The Morgan fingerprint density at radius 2 is 1.78 bits per heavy atom. The highest BCUT2D eigenvalue weighted by Gasteiger charge is 2.30. The fraction of sp³-hybridized carbons (Fsp3) is 0.538. The molecule has 2 atom stereocenters. The maximum Gasteiger partial charge on any atom is 0.297 e. The summed E-state index contributed by atoms with van der Waals surface area (Å²) < 4.78 is 42.5. The van der Waals surface area contributed by atoms with Crippen LogP contribution in [-0.4, -0.2) is 20.7 Å². The van der Waals surface area contributed by atoms with E-state index in [1.165, 1.54) is 12.1 Å². The molecule has 18 heavy (non-hydrogen) atoms. The quantitative estimate of drug-likeness (QED) is 0.794. The van der Waals surface area contributed by atoms with E-state index in [0.717, 1.165) is 18.4 Å². The number of benzene rings is 1. The zero-order valence-corrected chi connectivity index (χ0v) is 11.1. The van der Waals surface area contributed by atoms with Crippen LogP contribution in [0.1, 0.15) is 31.2 Å². The SMILES string of the molecule is Cc1ccc(S(=O)(=O)OC2CCCCC2F)cc1. The maximum absolute atomic E-state index is 13.6. The van der Waals surface area contributed by atoms with Crippen molar-refractivity contribution in [2.45, 2.75) is 49.8 Å². The molecule has 1 aromatic carbocycles. The standard InChI is InChI=1S/C13H17FO3S/c1-10-6-8-11(9-7-10)18(15,16)17-13-5-3-2-4-12(13)14/h6-9,12-13H,2-5H2,1H3. The average molecular weight is 272 g/mol. The third kappa shape index (κ3) is 3.09. The molecule has 1 aromatic rings. The Balaban J connectivity index is 2.13. The number of hydrogen-bond donors (Lipinski definition) is 0. The van der Waals surface area contributed by atoms with Crippen LogP contribution in [0.5, 0.6) is 0 Å². The van der Waals surface area contributed by atoms with Gasteiger partial charge in [0.05, 0.1) is 4.90 Å². The molecule has 0 bridgehead atoms. The van der Waals surface area contributed by atoms with Crippen molar-refractivity contribution in [2.24, 2.45) is 0 Å². The van der Waals surface area contributed by atoms with Gasteiger partial charge in [-0.2, -0.15) is 8.42 Å². The molecule has 3 nitrogen and oxygen atoms in total. The predicted molar refractivity (Wildman–Crippen MR) is 66.6 cm³/mol. The van der Waals surface area contributed by atoms with Crippen molar-refractivity contribution in [1.29, 1.82) is 0 Å². The second-order valence-electron chi connectivity index (χ2n) is 4.70. The molecule has 0 radical (unpaired) electrons. The highest BCUT2D eigenvalue weighted by atomic mass is 32.2. The molecule has 100 valence electrons. The minimum absolute atomic E-state index is 0.0888. The lowest BCUT2D eigenvalue weighted by molar-refractivity contribution is 0.0689. The highest BCUT2D eigenvalue weighted by molar-refractivity contribution is 7.86. The number of halogens is 1. The van der Waals surface area contributed by atoms with Gasteiger partial charge in [-0.05, 0) is 31.9 Å². The minimum atomic E-state index is -3.85. The molecule has 2 unspecified atom stereocenters. The van der Waals surface area contributed by atoms with E-state index in [1.807, 2.05) is 6.92 Å². The summed E-state index contributed by atoms with van der Waals surface area (Å²) in [7, 11) is -3.85. The van der Waals surface area contributed by atoms with Gasteiger partial charge in [0.15, 0.2) is 0 Å². The molecule has 0 saturated heterocycles. The third-order valence-corrected chi connectivity index (χ3v) is 4.53. The van der Waals surface area contributed by atoms with Crippen molar-refractivity contribution < 1.29 is 17.0 Å². The Kier molecular flexibility index (Phi) is 4.02. The van der Waals surface area contributed by atoms with Crippen molar-refractivity contribution in [1.82, 2.24) is 0 Å². The van der Waals surface area contributed by atoms with Gasteiger partial charge in [-0.15, -0.1) is 0 Å². The molecule has 0 aromatic heterocycles. The van der Waals surface area contributed by atoms with Crippen LogP contribution >= 0.6 is 0 Å². The summed E-state index contributed by atoms with van der Waals surface area (Å²) in [5.74, 6) is 0. The van der Waals surface area contributed by atoms with Crippen LogP contribution < -0.4 is 0 Å². The van der Waals surface area contributed by atoms with E-state index in [2.05, 4.69) is 0 Å². The van der Waals surface area contributed by atoms with E-state index >= 15 is 0 Å². The van der Waals surface area contributed by atoms with E-state index in [4.69, 9.17) is 4.18 Å². The summed E-state index contributed by atoms with van der Waals surface area (Å²) in [4.78, 5) is 0.0888. The van der Waals surface area contributed by atoms with Crippen LogP contribution in [0.3, 0.4) is 0 Å². The summed E-state index contributed by atoms with van der Waals surface area (Å²) in [5, 5.41) is 0. The monoisotopic (exact) mass is 272 g/mol. The third-order valence-electron chi connectivity index (χ3n) is 3.18. The molecule has 1 aliphatic carbocycles. The molecule has 2 rings (SSSR count). The molecule has 0 heterocycles. The number of hydrogen-bond acceptors (Lipinski definition) is 3. The molecule has 5 heteroatoms. The van der Waals surface area contributed by atoms with Gasteiger partial charge >= 0.3 is 0 Å². The highest BCUT2D eigenvalue weighted by Crippen LogP contribution is 2.27. The lowest BCUT2D eigenvalue weighted by Crippen LogP contribution is -2.31. The van der Waals surface area contributed by atoms with Crippen LogP contribution in [0.25, 0.3) is 0 Å². The van der Waals surface area contributed by atoms with Crippen molar-refractivity contribution in [3.8, 4) is 0 Å². The first kappa shape index (κ1) is 13.5. The molecular formula is C13H17FO3S. The second-order valence-corrected chi connectivity index (χ2v) is 6.27. The Bertz CT molecular complexity index is 495. The molecule has 0 N–H and O–H groups in total. The van der Waals surface area contributed by atoms with E-state index in [9.17, 15) is 12.8 Å². The van der Waals surface area contributed by atoms with Gasteiger partial charge in [0.2, 0.25) is 0 Å². The Hall–Kier alpha value is -0.940. The first-order valence-electron chi connectivity index (χ1n) is 6.13. The van der Waals surface area contributed by atoms with Crippen LogP contribution in [-0.2, 0) is 14.3 Å². The topological polar surface area (TPSA) is 43.4 Å². The van der Waals surface area contributed by atoms with Crippen molar-refractivity contribution >= 4 is 10.1 Å². The Morgan fingerprint density at radius 1 is 1.17 bits per heavy atom. The summed E-state index contributed by atoms with van der Waals surface area (Å²) in [6.45, 7) is 1.87. The average Bonchev–Trinajstić information content (AvgIpc) is 2.32. The summed E-state index contributed by atoms with van der Waals surface area (Å²) in [6.07, 6.45) is 0.449. The van der Waals surface area contributed by atoms with Gasteiger partial charge in [-0.1, -0.05) is 30.5 Å². The zero-order valence-electron chi connectivity index (χ0n) is 10.3. The zero-order chi connectivity index (χ0) is 13.2. The van der Waals surface area contributed by atoms with E-state index in [1.54, 1.807) is 12.1 Å². The van der Waals surface area contributed by atoms with Crippen molar-refractivity contribution in [3.63, 3.8) is 0 Å². The molecule has 0 amide bonds. The molecule has 0 spiro atoms. The van der Waals surface area contributed by atoms with Crippen LogP contribution in [0.2, 0.25) is 0 Å². The summed E-state index contributed by atoms with van der Waals surface area (Å²) in [5.41, 5.74) is 0.968. The molecular weight excluding hydrogens is 255 g/mol. The lowest BCUT2D eigenvalue weighted by atomic mass is 9.96. The maximum atomic E-state index is 13.6. The largest absolute Gasteiger partial charge is 0.297 e. The lowest BCUT2D eigenvalue weighted by Gasteiger charge is -2.25. The molecule has 1 saturated carbocycles. The minimum Gasteiger partial charge on any atom is -0.260 e. The Labute approximate surface area is 107 Å². The second kappa shape index (κ2) is 5.36.